The second-order valence-electron chi connectivity index (χ2n) is 0.609. The molecule has 2 N–H and O–H groups in total. The van der Waals surface area contributed by atoms with Crippen LogP contribution in [0.5, 0.6) is 0 Å². The van der Waals surface area contributed by atoms with Gasteiger partial charge in [-0.1, -0.05) is 0 Å². The molecule has 0 atom stereocenters. The van der Waals surface area contributed by atoms with Crippen LogP contribution in [0.15, 0.2) is 0 Å². The first-order valence-electron chi connectivity index (χ1n) is 1.14. The number of rotatable bonds is 0. The van der Waals surface area contributed by atoms with Gasteiger partial charge in [0.1, 0.15) is 0 Å². The standard InChI is InChI=1S/C2H5NO2.Cu/c1-2(4)5-3;/h3H2,1H3;. The summed E-state index contributed by atoms with van der Waals surface area (Å²) in [7, 11) is 0. The summed E-state index contributed by atoms with van der Waals surface area (Å²) in [5.74, 6) is 3.85. The predicted octanol–water partition coefficient (Wildman–Crippen LogP) is -0.579. The quantitative estimate of drug-likeness (QED) is 0.360. The molecule has 0 amide bonds. The van der Waals surface area contributed by atoms with Gasteiger partial charge in [-0.25, -0.2) is 0 Å². The minimum atomic E-state index is -0.468. The Kier molecular flexibility index (Phi) is 7.71. The molecule has 3 nitrogen and oxygen atoms in total. The van der Waals surface area contributed by atoms with Crippen molar-refractivity contribution in [2.75, 3.05) is 0 Å². The maximum atomic E-state index is 9.47. The van der Waals surface area contributed by atoms with Gasteiger partial charge in [-0.15, -0.1) is 0 Å². The SMILES string of the molecule is CC(=O)ON.[Cu]. The van der Waals surface area contributed by atoms with Crippen molar-refractivity contribution in [1.82, 2.24) is 0 Å². The van der Waals surface area contributed by atoms with Crippen LogP contribution in [0, 0.1) is 0 Å². The van der Waals surface area contributed by atoms with Gasteiger partial charge in [0.05, 0.1) is 0 Å². The molecule has 4 heteroatoms. The van der Waals surface area contributed by atoms with E-state index in [0.717, 1.165) is 0 Å². The summed E-state index contributed by atoms with van der Waals surface area (Å²) in [6, 6.07) is 0. The molecule has 0 saturated carbocycles. The van der Waals surface area contributed by atoms with Gasteiger partial charge in [0.15, 0.2) is 0 Å². The predicted molar refractivity (Wildman–Crippen MR) is 16.0 cm³/mol. The first kappa shape index (κ1) is 9.34. The van der Waals surface area contributed by atoms with E-state index in [1.165, 1.54) is 6.92 Å². The Morgan fingerprint density at radius 2 is 2.00 bits per heavy atom. The molecule has 0 rings (SSSR count). The van der Waals surface area contributed by atoms with Crippen molar-refractivity contribution in [3.05, 3.63) is 0 Å². The zero-order valence-electron chi connectivity index (χ0n) is 3.20. The third kappa shape index (κ3) is 9.04. The molecule has 0 aromatic rings. The van der Waals surface area contributed by atoms with Gasteiger partial charge in [-0.05, 0) is 0 Å². The number of hydrogen-bond acceptors (Lipinski definition) is 3. The van der Waals surface area contributed by atoms with Crippen LogP contribution in [0.1, 0.15) is 6.92 Å². The zero-order chi connectivity index (χ0) is 4.28. The topological polar surface area (TPSA) is 52.3 Å². The van der Waals surface area contributed by atoms with Crippen LogP contribution in [0.3, 0.4) is 0 Å². The van der Waals surface area contributed by atoms with Crippen molar-refractivity contribution < 1.29 is 26.7 Å². The molecule has 0 aromatic carbocycles. The molecule has 0 unspecified atom stereocenters. The Bertz CT molecular complexity index is 46.8. The fourth-order valence-electron chi connectivity index (χ4n) is 0. The van der Waals surface area contributed by atoms with Crippen molar-refractivity contribution in [2.45, 2.75) is 6.92 Å². The molecule has 0 aliphatic heterocycles. The summed E-state index contributed by atoms with van der Waals surface area (Å²) in [6.07, 6.45) is 0. The van der Waals surface area contributed by atoms with Crippen LogP contribution < -0.4 is 5.90 Å². The number of carbonyl (C=O) groups is 1. The first-order chi connectivity index (χ1) is 2.27. The molecular formula is C2H5CuNO2. The fraction of sp³-hybridized carbons (Fsp3) is 0.500. The van der Waals surface area contributed by atoms with Gasteiger partial charge in [0.25, 0.3) is 0 Å². The molecule has 0 heterocycles. The normalized spacial score (nSPS) is 5.67. The van der Waals surface area contributed by atoms with E-state index in [1.807, 2.05) is 0 Å². The minimum Gasteiger partial charge on any atom is -0.374 e. The van der Waals surface area contributed by atoms with E-state index >= 15 is 0 Å². The Hall–Kier alpha value is -0.0505. The summed E-state index contributed by atoms with van der Waals surface area (Å²) in [4.78, 5) is 13.1. The Morgan fingerprint density at radius 1 is 1.83 bits per heavy atom. The van der Waals surface area contributed by atoms with Crippen LogP contribution in [-0.2, 0) is 26.7 Å². The van der Waals surface area contributed by atoms with E-state index in [0.29, 0.717) is 0 Å². The van der Waals surface area contributed by atoms with E-state index in [9.17, 15) is 4.79 Å². The van der Waals surface area contributed by atoms with Gasteiger partial charge < -0.3 is 4.84 Å². The zero-order valence-corrected chi connectivity index (χ0v) is 4.14. The van der Waals surface area contributed by atoms with Gasteiger partial charge >= 0.3 is 5.97 Å². The Balaban J connectivity index is 0. The van der Waals surface area contributed by atoms with Crippen LogP contribution in [0.4, 0.5) is 0 Å². The van der Waals surface area contributed by atoms with Crippen molar-refractivity contribution in [1.29, 1.82) is 0 Å². The van der Waals surface area contributed by atoms with Crippen LogP contribution in [0.2, 0.25) is 0 Å². The number of carbonyl (C=O) groups excluding carboxylic acids is 1. The van der Waals surface area contributed by atoms with E-state index in [1.54, 1.807) is 0 Å². The van der Waals surface area contributed by atoms with Crippen LogP contribution >= 0.6 is 0 Å². The monoisotopic (exact) mass is 138 g/mol. The first-order valence-corrected chi connectivity index (χ1v) is 1.14. The molecule has 0 aromatic heterocycles. The molecular weight excluding hydrogens is 134 g/mol. The largest absolute Gasteiger partial charge is 0.374 e. The van der Waals surface area contributed by atoms with Gasteiger partial charge in [0, 0.05) is 24.0 Å². The molecule has 0 fully saturated rings. The average Bonchev–Trinajstić information content (AvgIpc) is 1.38. The summed E-state index contributed by atoms with van der Waals surface area (Å²) >= 11 is 0. The van der Waals surface area contributed by atoms with Gasteiger partial charge in [-0.3, -0.25) is 4.79 Å². The summed E-state index contributed by atoms with van der Waals surface area (Å²) in [6.45, 7) is 1.24. The van der Waals surface area contributed by atoms with Crippen molar-refractivity contribution in [2.24, 2.45) is 5.90 Å². The number of hydrogen-bond donors (Lipinski definition) is 1. The number of nitrogens with two attached hydrogens (primary N) is 1. The minimum absolute atomic E-state index is 0. The van der Waals surface area contributed by atoms with Crippen LogP contribution in [-0.4, -0.2) is 5.97 Å². The summed E-state index contributed by atoms with van der Waals surface area (Å²) in [5, 5.41) is 0. The van der Waals surface area contributed by atoms with Crippen LogP contribution in [0.25, 0.3) is 0 Å². The molecule has 0 aliphatic carbocycles. The summed E-state index contributed by atoms with van der Waals surface area (Å²) < 4.78 is 0. The molecule has 41 valence electrons. The average molecular weight is 139 g/mol. The fourth-order valence-corrected chi connectivity index (χ4v) is 0. The maximum Gasteiger partial charge on any atom is 0.321 e. The van der Waals surface area contributed by atoms with Gasteiger partial charge in [-0.2, -0.15) is 5.90 Å². The van der Waals surface area contributed by atoms with Gasteiger partial charge in [0.2, 0.25) is 0 Å². The van der Waals surface area contributed by atoms with Crippen molar-refractivity contribution in [3.63, 3.8) is 0 Å². The second-order valence-corrected chi connectivity index (χ2v) is 0.609. The summed E-state index contributed by atoms with van der Waals surface area (Å²) in [5.41, 5.74) is 0. The Morgan fingerprint density at radius 3 is 2.00 bits per heavy atom. The molecule has 0 bridgehead atoms. The van der Waals surface area contributed by atoms with E-state index in [4.69, 9.17) is 0 Å². The molecule has 0 saturated heterocycles. The van der Waals surface area contributed by atoms with E-state index in [-0.39, 0.29) is 17.1 Å². The van der Waals surface area contributed by atoms with E-state index < -0.39 is 5.97 Å². The molecule has 0 spiro atoms. The maximum absolute atomic E-state index is 9.47. The third-order valence-corrected chi connectivity index (χ3v) is 0.166. The second kappa shape index (κ2) is 4.95. The molecule has 6 heavy (non-hydrogen) atoms. The smallest absolute Gasteiger partial charge is 0.321 e. The van der Waals surface area contributed by atoms with Crippen molar-refractivity contribution in [3.8, 4) is 0 Å². The molecule has 1 radical (unpaired) electrons. The Labute approximate surface area is 46.3 Å². The van der Waals surface area contributed by atoms with E-state index in [2.05, 4.69) is 10.7 Å². The third-order valence-electron chi connectivity index (χ3n) is 0.166. The molecule has 0 aliphatic rings. The van der Waals surface area contributed by atoms with Crippen molar-refractivity contribution >= 4 is 5.97 Å².